The standard InChI is InChI=1S/C25H23NO5S/c1-15-13-17(14-18(31-2)22(15)27)21-20(23(28)19-9-6-12-32-19)24(29)25(30)26(21)11-10-16-7-4-3-5-8-16/h3-9,12-14,21,27,29H,10-11H2,1-2H3. The number of carbonyl (C=O) groups excluding carboxylic acids is 2. The van der Waals surface area contributed by atoms with E-state index in [9.17, 15) is 19.8 Å². The van der Waals surface area contributed by atoms with Gasteiger partial charge in [-0.2, -0.15) is 0 Å². The number of amides is 1. The van der Waals surface area contributed by atoms with E-state index in [1.807, 2.05) is 30.3 Å². The van der Waals surface area contributed by atoms with Gasteiger partial charge in [-0.1, -0.05) is 36.4 Å². The van der Waals surface area contributed by atoms with Crippen LogP contribution in [0.2, 0.25) is 0 Å². The predicted octanol–water partition coefficient (Wildman–Crippen LogP) is 4.59. The number of hydrogen-bond donors (Lipinski definition) is 2. The number of aliphatic hydroxyl groups excluding tert-OH is 1. The summed E-state index contributed by atoms with van der Waals surface area (Å²) in [7, 11) is 1.44. The molecule has 4 rings (SSSR count). The number of aliphatic hydroxyl groups is 1. The molecule has 0 fully saturated rings. The van der Waals surface area contributed by atoms with Crippen LogP contribution in [0.5, 0.6) is 11.5 Å². The first-order valence-corrected chi connectivity index (χ1v) is 11.0. The van der Waals surface area contributed by atoms with Crippen LogP contribution >= 0.6 is 11.3 Å². The van der Waals surface area contributed by atoms with Crippen molar-refractivity contribution in [1.29, 1.82) is 0 Å². The van der Waals surface area contributed by atoms with Crippen molar-refractivity contribution in [1.82, 2.24) is 4.90 Å². The largest absolute Gasteiger partial charge is 0.504 e. The van der Waals surface area contributed by atoms with Crippen LogP contribution in [0.25, 0.3) is 0 Å². The maximum absolute atomic E-state index is 13.3. The van der Waals surface area contributed by atoms with Crippen LogP contribution in [0, 0.1) is 6.92 Å². The first-order chi connectivity index (χ1) is 15.4. The van der Waals surface area contributed by atoms with E-state index in [-0.39, 0.29) is 22.9 Å². The number of aromatic hydroxyl groups is 1. The van der Waals surface area contributed by atoms with Crippen LogP contribution < -0.4 is 4.74 Å². The molecule has 3 aromatic rings. The van der Waals surface area contributed by atoms with Gasteiger partial charge in [0.2, 0.25) is 5.78 Å². The molecule has 32 heavy (non-hydrogen) atoms. The smallest absolute Gasteiger partial charge is 0.290 e. The lowest BCUT2D eigenvalue weighted by Crippen LogP contribution is -2.33. The van der Waals surface area contributed by atoms with Crippen molar-refractivity contribution in [2.24, 2.45) is 0 Å². The molecule has 0 spiro atoms. The zero-order valence-electron chi connectivity index (χ0n) is 17.7. The van der Waals surface area contributed by atoms with E-state index >= 15 is 0 Å². The highest BCUT2D eigenvalue weighted by Crippen LogP contribution is 2.43. The summed E-state index contributed by atoms with van der Waals surface area (Å²) >= 11 is 1.25. The maximum Gasteiger partial charge on any atom is 0.290 e. The number of nitrogens with zero attached hydrogens (tertiary/aromatic N) is 1. The third-order valence-electron chi connectivity index (χ3n) is 5.60. The number of carbonyl (C=O) groups is 2. The van der Waals surface area contributed by atoms with Crippen molar-refractivity contribution in [3.8, 4) is 11.5 Å². The highest BCUT2D eigenvalue weighted by atomic mass is 32.1. The summed E-state index contributed by atoms with van der Waals surface area (Å²) in [6.07, 6.45) is 0.561. The molecule has 0 radical (unpaired) electrons. The highest BCUT2D eigenvalue weighted by Gasteiger charge is 2.44. The molecule has 1 amide bonds. The van der Waals surface area contributed by atoms with E-state index < -0.39 is 17.7 Å². The Morgan fingerprint density at radius 3 is 2.53 bits per heavy atom. The second kappa shape index (κ2) is 8.88. The topological polar surface area (TPSA) is 87.1 Å². The molecule has 0 saturated heterocycles. The van der Waals surface area contributed by atoms with Crippen LogP contribution in [-0.4, -0.2) is 40.5 Å². The van der Waals surface area contributed by atoms with Crippen molar-refractivity contribution in [3.63, 3.8) is 0 Å². The number of phenols is 1. The summed E-state index contributed by atoms with van der Waals surface area (Å²) in [5.74, 6) is -1.27. The molecule has 2 N–H and O–H groups in total. The van der Waals surface area contributed by atoms with Gasteiger partial charge in [-0.25, -0.2) is 0 Å². The molecule has 1 aromatic heterocycles. The summed E-state index contributed by atoms with van der Waals surface area (Å²) in [6.45, 7) is 2.03. The van der Waals surface area contributed by atoms with E-state index in [0.717, 1.165) is 5.56 Å². The molecule has 1 unspecified atom stereocenters. The number of ketones is 1. The number of aryl methyl sites for hydroxylation is 1. The number of rotatable bonds is 7. The first-order valence-electron chi connectivity index (χ1n) is 10.2. The molecule has 2 heterocycles. The Morgan fingerprint density at radius 1 is 1.12 bits per heavy atom. The molecule has 164 valence electrons. The average Bonchev–Trinajstić information content (AvgIpc) is 3.42. The Balaban J connectivity index is 1.79. The molecule has 1 atom stereocenters. The summed E-state index contributed by atoms with van der Waals surface area (Å²) in [6, 6.07) is 15.7. The lowest BCUT2D eigenvalue weighted by Gasteiger charge is -2.27. The molecule has 0 saturated carbocycles. The highest BCUT2D eigenvalue weighted by molar-refractivity contribution is 7.12. The van der Waals surface area contributed by atoms with Crippen LogP contribution in [0.1, 0.15) is 32.4 Å². The van der Waals surface area contributed by atoms with Crippen molar-refractivity contribution in [2.45, 2.75) is 19.4 Å². The van der Waals surface area contributed by atoms with Gasteiger partial charge in [-0.05, 0) is 53.6 Å². The summed E-state index contributed by atoms with van der Waals surface area (Å²) in [5, 5.41) is 22.8. The normalized spacial score (nSPS) is 16.0. The second-order valence-corrected chi connectivity index (χ2v) is 8.54. The third kappa shape index (κ3) is 3.87. The number of ether oxygens (including phenoxy) is 1. The van der Waals surface area contributed by atoms with E-state index in [4.69, 9.17) is 4.74 Å². The lowest BCUT2D eigenvalue weighted by molar-refractivity contribution is -0.129. The fourth-order valence-electron chi connectivity index (χ4n) is 3.99. The Labute approximate surface area is 190 Å². The molecule has 1 aliphatic heterocycles. The van der Waals surface area contributed by atoms with Crippen LogP contribution in [0.15, 0.2) is 71.3 Å². The van der Waals surface area contributed by atoms with E-state index in [1.165, 1.54) is 23.3 Å². The molecule has 0 bridgehead atoms. The fraction of sp³-hybridized carbons (Fsp3) is 0.200. The van der Waals surface area contributed by atoms with Gasteiger partial charge in [0.15, 0.2) is 17.3 Å². The van der Waals surface area contributed by atoms with E-state index in [2.05, 4.69) is 0 Å². The summed E-state index contributed by atoms with van der Waals surface area (Å²) < 4.78 is 5.30. The molecular formula is C25H23NO5S. The van der Waals surface area contributed by atoms with Gasteiger partial charge >= 0.3 is 0 Å². The van der Waals surface area contributed by atoms with Gasteiger partial charge in [-0.3, -0.25) is 9.59 Å². The summed E-state index contributed by atoms with van der Waals surface area (Å²) in [5.41, 5.74) is 2.21. The van der Waals surface area contributed by atoms with Crippen molar-refractivity contribution in [3.05, 3.63) is 92.9 Å². The lowest BCUT2D eigenvalue weighted by atomic mass is 9.93. The van der Waals surface area contributed by atoms with Gasteiger partial charge in [0.25, 0.3) is 5.91 Å². The maximum atomic E-state index is 13.3. The van der Waals surface area contributed by atoms with E-state index in [0.29, 0.717) is 29.0 Å². The number of phenolic OH excluding ortho intramolecular Hbond substituents is 1. The van der Waals surface area contributed by atoms with Crippen molar-refractivity contribution >= 4 is 23.0 Å². The Bertz CT molecular complexity index is 1180. The quantitative estimate of drug-likeness (QED) is 0.515. The number of Topliss-reactive ketones (excluding diaryl/α,β-unsaturated/α-hetero) is 1. The second-order valence-electron chi connectivity index (χ2n) is 7.59. The van der Waals surface area contributed by atoms with Gasteiger partial charge in [0, 0.05) is 6.54 Å². The number of benzene rings is 2. The van der Waals surface area contributed by atoms with Crippen LogP contribution in [0.4, 0.5) is 0 Å². The number of thiophene rings is 1. The Kier molecular flexibility index (Phi) is 6.01. The average molecular weight is 450 g/mol. The first kappa shape index (κ1) is 21.6. The fourth-order valence-corrected chi connectivity index (χ4v) is 4.66. The van der Waals surface area contributed by atoms with Gasteiger partial charge < -0.3 is 19.8 Å². The van der Waals surface area contributed by atoms with Crippen molar-refractivity contribution in [2.75, 3.05) is 13.7 Å². The molecule has 7 heteroatoms. The van der Waals surface area contributed by atoms with Crippen LogP contribution in [-0.2, 0) is 11.2 Å². The Morgan fingerprint density at radius 2 is 1.88 bits per heavy atom. The molecular weight excluding hydrogens is 426 g/mol. The number of methoxy groups -OCH3 is 1. The SMILES string of the molecule is COc1cc(C2C(C(=O)c3cccs3)=C(O)C(=O)N2CCc2ccccc2)cc(C)c1O. The molecule has 1 aliphatic rings. The summed E-state index contributed by atoms with van der Waals surface area (Å²) in [4.78, 5) is 28.3. The minimum Gasteiger partial charge on any atom is -0.504 e. The Hall–Kier alpha value is -3.58. The van der Waals surface area contributed by atoms with E-state index in [1.54, 1.807) is 36.6 Å². The zero-order valence-corrected chi connectivity index (χ0v) is 18.6. The number of hydrogen-bond acceptors (Lipinski definition) is 6. The zero-order chi connectivity index (χ0) is 22.8. The van der Waals surface area contributed by atoms with Gasteiger partial charge in [-0.15, -0.1) is 11.3 Å². The van der Waals surface area contributed by atoms with Gasteiger partial charge in [0.05, 0.1) is 23.6 Å². The third-order valence-corrected chi connectivity index (χ3v) is 6.47. The minimum atomic E-state index is -0.797. The molecule has 6 nitrogen and oxygen atoms in total. The monoisotopic (exact) mass is 449 g/mol. The van der Waals surface area contributed by atoms with Crippen LogP contribution in [0.3, 0.4) is 0 Å². The molecule has 2 aromatic carbocycles. The van der Waals surface area contributed by atoms with Gasteiger partial charge in [0.1, 0.15) is 0 Å². The van der Waals surface area contributed by atoms with Crippen molar-refractivity contribution < 1.29 is 24.5 Å². The molecule has 0 aliphatic carbocycles. The predicted molar refractivity (Wildman–Crippen MR) is 122 cm³/mol. The minimum absolute atomic E-state index is 0.00394.